The number of anilines is 1. The number of carbonyl (C=O) groups is 3. The van der Waals surface area contributed by atoms with Crippen LogP contribution >= 0.6 is 0 Å². The maximum Gasteiger partial charge on any atom is 0.375 e. The van der Waals surface area contributed by atoms with E-state index in [4.69, 9.17) is 5.73 Å². The molecule has 2 amide bonds. The number of H-pyrrole nitrogens is 1. The van der Waals surface area contributed by atoms with Crippen molar-refractivity contribution in [1.29, 1.82) is 0 Å². The van der Waals surface area contributed by atoms with Crippen LogP contribution in [0.5, 0.6) is 0 Å². The molecule has 2 heterocycles. The number of methoxy groups -OCH3 is 1. The van der Waals surface area contributed by atoms with Crippen LogP contribution in [0.4, 0.5) is 5.95 Å². The number of ether oxygens (including phenoxy) is 1. The van der Waals surface area contributed by atoms with Crippen molar-refractivity contribution in [3.63, 3.8) is 0 Å². The minimum atomic E-state index is -0.688. The largest absolute Gasteiger partial charge is 0.463 e. The van der Waals surface area contributed by atoms with E-state index in [1.165, 1.54) is 12.0 Å². The molecule has 9 heteroatoms. The van der Waals surface area contributed by atoms with Crippen LogP contribution in [-0.4, -0.2) is 46.6 Å². The Morgan fingerprint density at radius 3 is 2.83 bits per heavy atom. The van der Waals surface area contributed by atoms with Crippen molar-refractivity contribution in [2.75, 3.05) is 18.6 Å². The van der Waals surface area contributed by atoms with E-state index in [1.54, 1.807) is 0 Å². The summed E-state index contributed by atoms with van der Waals surface area (Å²) in [5.74, 6) is -2.18. The zero-order chi connectivity index (χ0) is 13.3. The first-order chi connectivity index (χ1) is 8.52. The summed E-state index contributed by atoms with van der Waals surface area (Å²) < 4.78 is 4.45. The van der Waals surface area contributed by atoms with Crippen molar-refractivity contribution in [3.8, 4) is 0 Å². The summed E-state index contributed by atoms with van der Waals surface area (Å²) in [6.45, 7) is 0.118. The van der Waals surface area contributed by atoms with E-state index in [9.17, 15) is 14.4 Å². The van der Waals surface area contributed by atoms with Gasteiger partial charge in [-0.2, -0.15) is 4.98 Å². The van der Waals surface area contributed by atoms with Gasteiger partial charge in [-0.3, -0.25) is 19.6 Å². The molecule has 1 fully saturated rings. The van der Waals surface area contributed by atoms with Crippen LogP contribution in [0.1, 0.15) is 17.0 Å². The van der Waals surface area contributed by atoms with Crippen LogP contribution in [0.25, 0.3) is 0 Å². The Hall–Kier alpha value is -2.45. The topological polar surface area (TPSA) is 131 Å². The van der Waals surface area contributed by atoms with Crippen molar-refractivity contribution >= 4 is 23.7 Å². The zero-order valence-corrected chi connectivity index (χ0v) is 9.54. The third kappa shape index (κ3) is 2.01. The van der Waals surface area contributed by atoms with Crippen molar-refractivity contribution in [3.05, 3.63) is 5.82 Å². The summed E-state index contributed by atoms with van der Waals surface area (Å²) >= 11 is 0. The molecule has 1 aliphatic rings. The summed E-state index contributed by atoms with van der Waals surface area (Å²) in [6, 6.07) is 0. The molecule has 3 N–H and O–H groups in total. The van der Waals surface area contributed by atoms with E-state index >= 15 is 0 Å². The number of aromatic nitrogens is 3. The van der Waals surface area contributed by atoms with Crippen molar-refractivity contribution < 1.29 is 19.1 Å². The van der Waals surface area contributed by atoms with E-state index in [-0.39, 0.29) is 30.6 Å². The Morgan fingerprint density at radius 2 is 2.28 bits per heavy atom. The summed E-state index contributed by atoms with van der Waals surface area (Å²) in [4.78, 5) is 38.8. The molecule has 1 aliphatic heterocycles. The van der Waals surface area contributed by atoms with E-state index in [0.717, 1.165) is 0 Å². The molecule has 9 nitrogen and oxygen atoms in total. The Morgan fingerprint density at radius 1 is 1.56 bits per heavy atom. The molecule has 18 heavy (non-hydrogen) atoms. The van der Waals surface area contributed by atoms with E-state index < -0.39 is 17.8 Å². The molecule has 0 aliphatic carbocycles. The second-order valence-electron chi connectivity index (χ2n) is 3.78. The van der Waals surface area contributed by atoms with E-state index in [0.29, 0.717) is 0 Å². The summed E-state index contributed by atoms with van der Waals surface area (Å²) in [6.07, 6.45) is 0.0252. The summed E-state index contributed by atoms with van der Waals surface area (Å²) in [7, 11) is 1.20. The minimum absolute atomic E-state index is 0.0252. The number of nitrogens with one attached hydrogen (secondary N) is 1. The third-order valence-corrected chi connectivity index (χ3v) is 2.62. The minimum Gasteiger partial charge on any atom is -0.463 e. The highest BCUT2D eigenvalue weighted by atomic mass is 16.5. The Kier molecular flexibility index (Phi) is 2.96. The van der Waals surface area contributed by atoms with Crippen LogP contribution in [0.3, 0.4) is 0 Å². The van der Waals surface area contributed by atoms with Gasteiger partial charge in [0, 0.05) is 13.0 Å². The average molecular weight is 253 g/mol. The number of hydrogen-bond acceptors (Lipinski definition) is 6. The molecular formula is C9H11N5O4. The number of carbonyl (C=O) groups excluding carboxylic acids is 3. The van der Waals surface area contributed by atoms with Gasteiger partial charge in [0.05, 0.1) is 13.0 Å². The van der Waals surface area contributed by atoms with Gasteiger partial charge in [0.25, 0.3) is 5.95 Å². The van der Waals surface area contributed by atoms with Gasteiger partial charge >= 0.3 is 5.97 Å². The molecule has 1 unspecified atom stereocenters. The highest BCUT2D eigenvalue weighted by Gasteiger charge is 2.36. The smallest absolute Gasteiger partial charge is 0.375 e. The van der Waals surface area contributed by atoms with Crippen LogP contribution in [0.2, 0.25) is 0 Å². The third-order valence-electron chi connectivity index (χ3n) is 2.62. The SMILES string of the molecule is COC(=O)c1nc(N2CC(C(N)=O)CC2=O)n[nH]1. The number of hydrogen-bond donors (Lipinski definition) is 2. The lowest BCUT2D eigenvalue weighted by atomic mass is 10.1. The van der Waals surface area contributed by atoms with Crippen LogP contribution in [0.15, 0.2) is 0 Å². The van der Waals surface area contributed by atoms with Crippen molar-refractivity contribution in [2.45, 2.75) is 6.42 Å². The second-order valence-corrected chi connectivity index (χ2v) is 3.78. The fraction of sp³-hybridized carbons (Fsp3) is 0.444. The number of amides is 2. The van der Waals surface area contributed by atoms with E-state index in [2.05, 4.69) is 19.9 Å². The van der Waals surface area contributed by atoms with Crippen LogP contribution < -0.4 is 10.6 Å². The van der Waals surface area contributed by atoms with Crippen molar-refractivity contribution in [1.82, 2.24) is 15.2 Å². The number of aromatic amines is 1. The monoisotopic (exact) mass is 253 g/mol. The Labute approximate surface area is 101 Å². The lowest BCUT2D eigenvalue weighted by Gasteiger charge is -2.10. The maximum atomic E-state index is 11.6. The van der Waals surface area contributed by atoms with Gasteiger partial charge in [0.1, 0.15) is 0 Å². The van der Waals surface area contributed by atoms with Gasteiger partial charge in [-0.1, -0.05) is 0 Å². The van der Waals surface area contributed by atoms with E-state index in [1.807, 2.05) is 0 Å². The number of rotatable bonds is 3. The lowest BCUT2D eigenvalue weighted by molar-refractivity contribution is -0.123. The molecule has 96 valence electrons. The molecule has 2 rings (SSSR count). The molecule has 1 aromatic rings. The first kappa shape index (κ1) is 12.0. The highest BCUT2D eigenvalue weighted by Crippen LogP contribution is 2.21. The summed E-state index contributed by atoms with van der Waals surface area (Å²) in [5.41, 5.74) is 5.13. The predicted octanol–water partition coefficient (Wildman–Crippen LogP) is -1.57. The predicted molar refractivity (Wildman–Crippen MR) is 57.4 cm³/mol. The molecular weight excluding hydrogens is 242 g/mol. The maximum absolute atomic E-state index is 11.6. The Balaban J connectivity index is 2.17. The number of primary amides is 1. The number of nitrogens with zero attached hydrogens (tertiary/aromatic N) is 3. The molecule has 0 bridgehead atoms. The molecule has 0 spiro atoms. The van der Waals surface area contributed by atoms with Gasteiger partial charge in [0.15, 0.2) is 0 Å². The molecule has 1 saturated heterocycles. The first-order valence-electron chi connectivity index (χ1n) is 5.13. The van der Waals surface area contributed by atoms with Crippen molar-refractivity contribution in [2.24, 2.45) is 11.7 Å². The highest BCUT2D eigenvalue weighted by molar-refractivity contribution is 5.99. The Bertz CT molecular complexity index is 511. The van der Waals surface area contributed by atoms with Gasteiger partial charge in [0.2, 0.25) is 17.6 Å². The quantitative estimate of drug-likeness (QED) is 0.625. The van der Waals surface area contributed by atoms with Gasteiger partial charge < -0.3 is 10.5 Å². The average Bonchev–Trinajstić information content (AvgIpc) is 2.94. The normalized spacial score (nSPS) is 19.1. The molecule has 1 atom stereocenters. The molecule has 0 aromatic carbocycles. The van der Waals surface area contributed by atoms with Gasteiger partial charge in [-0.25, -0.2) is 4.79 Å². The summed E-state index contributed by atoms with van der Waals surface area (Å²) in [5, 5.41) is 6.08. The molecule has 0 saturated carbocycles. The van der Waals surface area contributed by atoms with Gasteiger partial charge in [-0.15, -0.1) is 5.10 Å². The van der Waals surface area contributed by atoms with Gasteiger partial charge in [-0.05, 0) is 0 Å². The zero-order valence-electron chi connectivity index (χ0n) is 9.54. The standard InChI is InChI=1S/C9H11N5O4/c1-18-8(17)7-11-9(13-12-7)14-3-4(6(10)16)2-5(14)15/h4H,2-3H2,1H3,(H2,10,16)(H,11,12,13). The first-order valence-corrected chi connectivity index (χ1v) is 5.13. The molecule has 0 radical (unpaired) electrons. The lowest BCUT2D eigenvalue weighted by Crippen LogP contribution is -2.29. The van der Waals surface area contributed by atoms with Crippen LogP contribution in [0, 0.1) is 5.92 Å². The fourth-order valence-electron chi connectivity index (χ4n) is 1.65. The van der Waals surface area contributed by atoms with Crippen LogP contribution in [-0.2, 0) is 14.3 Å². The number of nitrogens with two attached hydrogens (primary N) is 1. The fourth-order valence-corrected chi connectivity index (χ4v) is 1.65. The molecule has 1 aromatic heterocycles. The second kappa shape index (κ2) is 4.43. The number of esters is 1.